The van der Waals surface area contributed by atoms with Crippen molar-refractivity contribution in [3.8, 4) is 16.9 Å². The van der Waals surface area contributed by atoms with E-state index in [0.717, 1.165) is 21.4 Å². The summed E-state index contributed by atoms with van der Waals surface area (Å²) in [4.78, 5) is 18.9. The van der Waals surface area contributed by atoms with Crippen LogP contribution in [0.5, 0.6) is 5.75 Å². The fraction of sp³-hybridized carbons (Fsp3) is 0.182. The Morgan fingerprint density at radius 2 is 1.75 bits per heavy atom. The maximum atomic E-state index is 12.4. The first-order chi connectivity index (χ1) is 13.4. The van der Waals surface area contributed by atoms with Gasteiger partial charge in [0.2, 0.25) is 0 Å². The molecule has 0 radical (unpaired) electrons. The second kappa shape index (κ2) is 8.44. The highest BCUT2D eigenvalue weighted by atomic mass is 79.9. The van der Waals surface area contributed by atoms with Crippen molar-refractivity contribution < 1.29 is 14.6 Å². The molecule has 0 atom stereocenters. The number of esters is 1. The molecule has 0 heterocycles. The number of hydrogen-bond acceptors (Lipinski definition) is 5. The summed E-state index contributed by atoms with van der Waals surface area (Å²) in [6.45, 7) is 1.96. The van der Waals surface area contributed by atoms with Crippen molar-refractivity contribution in [1.29, 1.82) is 0 Å². The minimum Gasteiger partial charge on any atom is -0.506 e. The number of aliphatic imine (C=N–C) groups is 1. The number of halogens is 1. The van der Waals surface area contributed by atoms with Crippen LogP contribution in [0.2, 0.25) is 0 Å². The third-order valence-electron chi connectivity index (χ3n) is 4.35. The zero-order valence-corrected chi connectivity index (χ0v) is 17.5. The normalized spacial score (nSPS) is 11.1. The highest BCUT2D eigenvalue weighted by molar-refractivity contribution is 9.10. The quantitative estimate of drug-likeness (QED) is 0.434. The molecule has 0 aromatic heterocycles. The molecule has 0 unspecified atom stereocenters. The third-order valence-corrected chi connectivity index (χ3v) is 4.88. The van der Waals surface area contributed by atoms with Crippen LogP contribution in [0.15, 0.2) is 58.0 Å². The van der Waals surface area contributed by atoms with Gasteiger partial charge >= 0.3 is 5.97 Å². The average Bonchev–Trinajstić information content (AvgIpc) is 2.80. The number of nitrogens with zero attached hydrogens (tertiary/aromatic N) is 2. The number of ether oxygens (including phenoxy) is 1. The number of carbonyl (C=O) groups excluding carboxylic acids is 1. The molecule has 2 aliphatic rings. The van der Waals surface area contributed by atoms with Gasteiger partial charge in [-0.1, -0.05) is 28.1 Å². The molecule has 0 saturated heterocycles. The maximum absolute atomic E-state index is 12.4. The van der Waals surface area contributed by atoms with Crippen molar-refractivity contribution in [2.75, 3.05) is 25.6 Å². The minimum atomic E-state index is -0.553. The fourth-order valence-electron chi connectivity index (χ4n) is 2.92. The van der Waals surface area contributed by atoms with E-state index in [2.05, 4.69) is 20.9 Å². The predicted octanol–water partition coefficient (Wildman–Crippen LogP) is 5.25. The van der Waals surface area contributed by atoms with Crippen LogP contribution >= 0.6 is 15.9 Å². The minimum absolute atomic E-state index is 0.121. The molecule has 3 rings (SSSR count). The molecule has 1 aromatic rings. The van der Waals surface area contributed by atoms with E-state index >= 15 is 0 Å². The monoisotopic (exact) mass is 440 g/mol. The summed E-state index contributed by atoms with van der Waals surface area (Å²) >= 11 is 3.44. The zero-order valence-electron chi connectivity index (χ0n) is 15.9. The Labute approximate surface area is 172 Å². The molecule has 6 heteroatoms. The van der Waals surface area contributed by atoms with Crippen molar-refractivity contribution in [3.05, 3.63) is 64.1 Å². The van der Waals surface area contributed by atoms with Crippen LogP contribution in [0.1, 0.15) is 22.8 Å². The smallest absolute Gasteiger partial charge is 0.342 e. The Morgan fingerprint density at radius 1 is 1.11 bits per heavy atom. The average molecular weight is 441 g/mol. The Morgan fingerprint density at radius 3 is 2.36 bits per heavy atom. The summed E-state index contributed by atoms with van der Waals surface area (Å²) in [6.07, 6.45) is 1.58. The Bertz CT molecular complexity index is 997. The largest absolute Gasteiger partial charge is 0.506 e. The topological polar surface area (TPSA) is 62.1 Å². The van der Waals surface area contributed by atoms with Crippen LogP contribution in [0, 0.1) is 0 Å². The van der Waals surface area contributed by atoms with E-state index in [0.29, 0.717) is 11.1 Å². The molecule has 2 aliphatic carbocycles. The SMILES string of the molecule is CCOC(=O)c1c2ccc(Br)ccc-2c(C=Nc2ccc(N(C)C)cc2)c1O. The molecule has 0 aliphatic heterocycles. The molecule has 1 aromatic carbocycles. The summed E-state index contributed by atoms with van der Waals surface area (Å²) in [7, 11) is 3.95. The van der Waals surface area contributed by atoms with Crippen LogP contribution < -0.4 is 4.90 Å². The van der Waals surface area contributed by atoms with E-state index in [1.165, 1.54) is 0 Å². The molecule has 0 saturated carbocycles. The second-order valence-corrected chi connectivity index (χ2v) is 7.32. The number of aromatic hydroxyl groups is 1. The van der Waals surface area contributed by atoms with E-state index in [-0.39, 0.29) is 17.9 Å². The van der Waals surface area contributed by atoms with Crippen molar-refractivity contribution in [3.63, 3.8) is 0 Å². The van der Waals surface area contributed by atoms with Crippen molar-refractivity contribution in [1.82, 2.24) is 0 Å². The number of rotatable bonds is 5. The first-order valence-corrected chi connectivity index (χ1v) is 9.64. The van der Waals surface area contributed by atoms with Crippen molar-refractivity contribution in [2.24, 2.45) is 4.99 Å². The van der Waals surface area contributed by atoms with Gasteiger partial charge in [0.1, 0.15) is 11.3 Å². The molecular formula is C22H21BrN2O3. The molecule has 0 fully saturated rings. The lowest BCUT2D eigenvalue weighted by molar-refractivity contribution is 0.0524. The van der Waals surface area contributed by atoms with Gasteiger partial charge in [0, 0.05) is 41.6 Å². The van der Waals surface area contributed by atoms with Crippen LogP contribution in [-0.2, 0) is 4.74 Å². The van der Waals surface area contributed by atoms with Gasteiger partial charge in [-0.25, -0.2) is 4.79 Å². The van der Waals surface area contributed by atoms with Gasteiger partial charge in [0.25, 0.3) is 0 Å². The molecule has 5 nitrogen and oxygen atoms in total. The summed E-state index contributed by atoms with van der Waals surface area (Å²) in [5.41, 5.74) is 3.80. The van der Waals surface area contributed by atoms with E-state index in [4.69, 9.17) is 4.74 Å². The number of fused-ring (bicyclic) bond motifs is 1. The Balaban J connectivity index is 2.07. The lowest BCUT2D eigenvalue weighted by Gasteiger charge is -2.11. The number of carbonyl (C=O) groups is 1. The molecule has 0 bridgehead atoms. The second-order valence-electron chi connectivity index (χ2n) is 6.41. The molecule has 0 spiro atoms. The maximum Gasteiger partial charge on any atom is 0.342 e. The Hall–Kier alpha value is -2.86. The molecule has 28 heavy (non-hydrogen) atoms. The van der Waals surface area contributed by atoms with E-state index in [9.17, 15) is 9.90 Å². The van der Waals surface area contributed by atoms with Gasteiger partial charge in [-0.05, 0) is 48.9 Å². The van der Waals surface area contributed by atoms with Gasteiger partial charge < -0.3 is 14.7 Å². The number of hydrogen-bond donors (Lipinski definition) is 1. The van der Waals surface area contributed by atoms with Crippen LogP contribution in [-0.4, -0.2) is 38.0 Å². The van der Waals surface area contributed by atoms with Gasteiger partial charge in [-0.3, -0.25) is 4.99 Å². The van der Waals surface area contributed by atoms with Crippen LogP contribution in [0.25, 0.3) is 11.1 Å². The van der Waals surface area contributed by atoms with E-state index < -0.39 is 5.97 Å². The standard InChI is InChI=1S/C22H21BrN2O3/c1-4-28-22(27)20-18-12-6-14(23)5-11-17(18)19(21(20)26)13-24-15-7-9-16(10-8-15)25(2)3/h5-13,26H,4H2,1-3H3. The first kappa shape index (κ1) is 19.9. The lowest BCUT2D eigenvalue weighted by atomic mass is 10.1. The third kappa shape index (κ3) is 4.02. The summed E-state index contributed by atoms with van der Waals surface area (Å²) in [5.74, 6) is -0.674. The van der Waals surface area contributed by atoms with Crippen molar-refractivity contribution >= 4 is 39.5 Å². The van der Waals surface area contributed by atoms with E-state index in [1.54, 1.807) is 19.2 Å². The highest BCUT2D eigenvalue weighted by Gasteiger charge is 2.27. The van der Waals surface area contributed by atoms with Gasteiger partial charge in [0.05, 0.1) is 12.3 Å². The van der Waals surface area contributed by atoms with Gasteiger partial charge in [-0.2, -0.15) is 0 Å². The van der Waals surface area contributed by atoms with Crippen LogP contribution in [0.4, 0.5) is 11.4 Å². The van der Waals surface area contributed by atoms with Crippen LogP contribution in [0.3, 0.4) is 0 Å². The van der Waals surface area contributed by atoms with E-state index in [1.807, 2.05) is 61.5 Å². The Kier molecular flexibility index (Phi) is 5.99. The zero-order chi connectivity index (χ0) is 20.3. The number of anilines is 1. The summed E-state index contributed by atoms with van der Waals surface area (Å²) < 4.78 is 5.99. The lowest BCUT2D eigenvalue weighted by Crippen LogP contribution is -2.07. The molecule has 144 valence electrons. The first-order valence-electron chi connectivity index (χ1n) is 8.85. The predicted molar refractivity (Wildman–Crippen MR) is 116 cm³/mol. The fourth-order valence-corrected chi connectivity index (χ4v) is 3.18. The van der Waals surface area contributed by atoms with Gasteiger partial charge in [-0.15, -0.1) is 0 Å². The highest BCUT2D eigenvalue weighted by Crippen LogP contribution is 2.41. The summed E-state index contributed by atoms with van der Waals surface area (Å²) in [6, 6.07) is 15.1. The summed E-state index contributed by atoms with van der Waals surface area (Å²) in [5, 5.41) is 10.7. The molecular weight excluding hydrogens is 420 g/mol. The number of benzene rings is 1. The van der Waals surface area contributed by atoms with Gasteiger partial charge in [0.15, 0.2) is 0 Å². The molecule has 1 N–H and O–H groups in total. The molecule has 0 amide bonds. The van der Waals surface area contributed by atoms with Crippen molar-refractivity contribution in [2.45, 2.75) is 6.92 Å².